The lowest BCUT2D eigenvalue weighted by Crippen LogP contribution is -2.28. The summed E-state index contributed by atoms with van der Waals surface area (Å²) in [5.41, 5.74) is 13.8. The van der Waals surface area contributed by atoms with Crippen LogP contribution in [0.3, 0.4) is 0 Å². The van der Waals surface area contributed by atoms with E-state index in [4.69, 9.17) is 18.8 Å². The predicted molar refractivity (Wildman–Crippen MR) is 272 cm³/mol. The molecule has 0 saturated heterocycles. The third kappa shape index (κ3) is 5.24. The van der Waals surface area contributed by atoms with E-state index in [2.05, 4.69) is 204 Å². The lowest BCUT2D eigenvalue weighted by atomic mass is 9.82. The Morgan fingerprint density at radius 1 is 0.455 bits per heavy atom. The first-order valence-corrected chi connectivity index (χ1v) is 22.8. The average molecular weight is 849 g/mol. The molecule has 1 aliphatic heterocycles. The zero-order valence-electron chi connectivity index (χ0n) is 36.0. The van der Waals surface area contributed by atoms with E-state index in [1.165, 1.54) is 16.3 Å². The molecule has 0 N–H and O–H groups in total. The lowest BCUT2D eigenvalue weighted by molar-refractivity contribution is 0.533. The smallest absolute Gasteiger partial charge is 0.160 e. The van der Waals surface area contributed by atoms with Crippen molar-refractivity contribution in [3.63, 3.8) is 0 Å². The molecule has 1 aliphatic rings. The van der Waals surface area contributed by atoms with Gasteiger partial charge in [0.25, 0.3) is 0 Å². The average Bonchev–Trinajstić information content (AvgIpc) is 4.15. The standard InChI is InChI=1S/C60H40N4O2/c1-2-38-54(36-18-5-3-6-19-36)61-60(37-20-7-4-8-21-37)62-55(38)45-34-35-51(63-47-27-13-9-22-39(47)40-23-10-14-28-48(40)63)59-53(45)46-26-17-30-50(57(46)66-59)64-49-29-15-11-24-41(49)43-32-33-44-42-25-12-16-31-52(42)65-58(44)56(43)64/h3-35,38,54H,2H2,1H3/t38?,54-/m0/s1. The fourth-order valence-corrected chi connectivity index (χ4v) is 11.1. The summed E-state index contributed by atoms with van der Waals surface area (Å²) in [6.45, 7) is 2.26. The number of rotatable bonds is 6. The molecule has 9 aromatic carbocycles. The molecule has 312 valence electrons. The summed E-state index contributed by atoms with van der Waals surface area (Å²) in [6, 6.07) is 70.9. The quantitative estimate of drug-likeness (QED) is 0.167. The summed E-state index contributed by atoms with van der Waals surface area (Å²) in [6.07, 6.45) is 0.843. The molecule has 66 heavy (non-hydrogen) atoms. The number of furan rings is 2. The van der Waals surface area contributed by atoms with Crippen LogP contribution in [0.5, 0.6) is 0 Å². The number of benzene rings is 9. The second kappa shape index (κ2) is 14.3. The van der Waals surface area contributed by atoms with Crippen LogP contribution in [0.2, 0.25) is 0 Å². The summed E-state index contributed by atoms with van der Waals surface area (Å²) in [5, 5.41) is 8.88. The summed E-state index contributed by atoms with van der Waals surface area (Å²) in [4.78, 5) is 11.0. The highest BCUT2D eigenvalue weighted by Crippen LogP contribution is 2.46. The molecule has 0 radical (unpaired) electrons. The van der Waals surface area contributed by atoms with Gasteiger partial charge in [0.2, 0.25) is 0 Å². The first-order chi connectivity index (χ1) is 32.7. The summed E-state index contributed by atoms with van der Waals surface area (Å²) >= 11 is 0. The Balaban J connectivity index is 1.12. The van der Waals surface area contributed by atoms with Crippen molar-refractivity contribution in [2.45, 2.75) is 19.4 Å². The maximum absolute atomic E-state index is 7.59. The number of hydrogen-bond donors (Lipinski definition) is 0. The van der Waals surface area contributed by atoms with E-state index in [1.54, 1.807) is 0 Å². The second-order valence-corrected chi connectivity index (χ2v) is 17.4. The fourth-order valence-electron chi connectivity index (χ4n) is 11.1. The molecule has 2 atom stereocenters. The van der Waals surface area contributed by atoms with E-state index in [0.29, 0.717) is 0 Å². The van der Waals surface area contributed by atoms with Crippen LogP contribution in [0.15, 0.2) is 219 Å². The highest BCUT2D eigenvalue weighted by molar-refractivity contribution is 6.26. The van der Waals surface area contributed by atoms with Gasteiger partial charge < -0.3 is 18.0 Å². The Morgan fingerprint density at radius 2 is 1.05 bits per heavy atom. The van der Waals surface area contributed by atoms with Crippen molar-refractivity contribution >= 4 is 99.0 Å². The van der Waals surface area contributed by atoms with Gasteiger partial charge in [0.1, 0.15) is 5.58 Å². The van der Waals surface area contributed by atoms with Crippen molar-refractivity contribution in [1.29, 1.82) is 0 Å². The zero-order chi connectivity index (χ0) is 43.5. The summed E-state index contributed by atoms with van der Waals surface area (Å²) in [5.74, 6) is 0.728. The van der Waals surface area contributed by atoms with Gasteiger partial charge in [-0.2, -0.15) is 0 Å². The second-order valence-electron chi connectivity index (χ2n) is 17.4. The monoisotopic (exact) mass is 848 g/mol. The molecule has 1 unspecified atom stereocenters. The molecule has 0 aliphatic carbocycles. The number of para-hydroxylation sites is 5. The molecule has 0 saturated carbocycles. The molecule has 6 heteroatoms. The van der Waals surface area contributed by atoms with Crippen molar-refractivity contribution in [3.05, 3.63) is 217 Å². The number of aromatic nitrogens is 2. The van der Waals surface area contributed by atoms with E-state index in [0.717, 1.165) is 117 Å². The van der Waals surface area contributed by atoms with Crippen LogP contribution in [0.25, 0.3) is 98.9 Å². The van der Waals surface area contributed by atoms with Gasteiger partial charge in [-0.25, -0.2) is 4.99 Å². The Morgan fingerprint density at radius 3 is 1.77 bits per heavy atom. The Bertz CT molecular complexity index is 4110. The molecule has 0 spiro atoms. The van der Waals surface area contributed by atoms with Crippen LogP contribution in [-0.2, 0) is 0 Å². The molecule has 0 amide bonds. The van der Waals surface area contributed by atoms with E-state index >= 15 is 0 Å². The van der Waals surface area contributed by atoms with Crippen LogP contribution in [0.4, 0.5) is 0 Å². The Labute approximate surface area is 379 Å². The molecule has 0 bridgehead atoms. The van der Waals surface area contributed by atoms with Crippen LogP contribution >= 0.6 is 0 Å². The number of fused-ring (bicyclic) bond motifs is 13. The summed E-state index contributed by atoms with van der Waals surface area (Å²) in [7, 11) is 0. The van der Waals surface area contributed by atoms with Gasteiger partial charge >= 0.3 is 0 Å². The lowest BCUT2D eigenvalue weighted by Gasteiger charge is -2.30. The summed E-state index contributed by atoms with van der Waals surface area (Å²) < 4.78 is 19.1. The first kappa shape index (κ1) is 36.9. The molecular formula is C60H40N4O2. The Kier molecular flexibility index (Phi) is 7.98. The molecular weight excluding hydrogens is 809 g/mol. The molecule has 6 nitrogen and oxygen atoms in total. The van der Waals surface area contributed by atoms with Crippen molar-refractivity contribution < 1.29 is 8.83 Å². The van der Waals surface area contributed by atoms with Crippen molar-refractivity contribution in [1.82, 2.24) is 9.13 Å². The molecule has 0 fully saturated rings. The predicted octanol–water partition coefficient (Wildman–Crippen LogP) is 15.7. The number of nitrogens with zero attached hydrogens (tertiary/aromatic N) is 4. The highest BCUT2D eigenvalue weighted by Gasteiger charge is 2.34. The zero-order valence-corrected chi connectivity index (χ0v) is 36.0. The van der Waals surface area contributed by atoms with Crippen LogP contribution in [0, 0.1) is 5.92 Å². The third-order valence-corrected chi connectivity index (χ3v) is 14.0. The van der Waals surface area contributed by atoms with E-state index < -0.39 is 0 Å². The minimum Gasteiger partial charge on any atom is -0.454 e. The Hall–Kier alpha value is -8.48. The van der Waals surface area contributed by atoms with Crippen molar-refractivity contribution in [3.8, 4) is 11.4 Å². The van der Waals surface area contributed by atoms with Gasteiger partial charge in [0.15, 0.2) is 22.6 Å². The van der Waals surface area contributed by atoms with E-state index in [9.17, 15) is 0 Å². The molecule has 4 aromatic heterocycles. The number of aliphatic imine (C=N–C) groups is 2. The maximum Gasteiger partial charge on any atom is 0.160 e. The van der Waals surface area contributed by atoms with Crippen molar-refractivity contribution in [2.75, 3.05) is 0 Å². The van der Waals surface area contributed by atoms with Gasteiger partial charge in [-0.3, -0.25) is 4.99 Å². The number of amidine groups is 1. The van der Waals surface area contributed by atoms with Gasteiger partial charge in [-0.1, -0.05) is 165 Å². The molecule has 14 rings (SSSR count). The van der Waals surface area contributed by atoms with Crippen LogP contribution < -0.4 is 0 Å². The van der Waals surface area contributed by atoms with Crippen molar-refractivity contribution in [2.24, 2.45) is 15.9 Å². The van der Waals surface area contributed by atoms with E-state index in [-0.39, 0.29) is 12.0 Å². The van der Waals surface area contributed by atoms with Gasteiger partial charge in [-0.15, -0.1) is 0 Å². The highest BCUT2D eigenvalue weighted by atomic mass is 16.3. The molecule has 5 heterocycles. The minimum absolute atomic E-state index is 0.00557. The normalized spacial score (nSPS) is 15.6. The van der Waals surface area contributed by atoms with Gasteiger partial charge in [-0.05, 0) is 54.4 Å². The SMILES string of the molecule is CCC1C(c2ccc(-n3c4ccccc4c4ccccc43)c3oc4c(-n5c6ccccc6c6ccc7c8ccccc8oc7c65)cccc4c23)=NC(c2ccccc2)=N[C@H]1c1ccccc1. The third-order valence-electron chi connectivity index (χ3n) is 14.0. The maximum atomic E-state index is 7.59. The minimum atomic E-state index is -0.136. The van der Waals surface area contributed by atoms with Crippen LogP contribution in [0.1, 0.15) is 36.1 Å². The first-order valence-electron chi connectivity index (χ1n) is 22.8. The van der Waals surface area contributed by atoms with E-state index in [1.807, 2.05) is 12.1 Å². The van der Waals surface area contributed by atoms with Gasteiger partial charge in [0.05, 0.1) is 45.2 Å². The largest absolute Gasteiger partial charge is 0.454 e. The van der Waals surface area contributed by atoms with Crippen LogP contribution in [-0.4, -0.2) is 20.7 Å². The topological polar surface area (TPSA) is 60.9 Å². The fraction of sp³-hybridized carbons (Fsp3) is 0.0667. The number of hydrogen-bond acceptors (Lipinski definition) is 4. The molecule has 13 aromatic rings. The van der Waals surface area contributed by atoms with Gasteiger partial charge in [0, 0.05) is 60.1 Å².